The summed E-state index contributed by atoms with van der Waals surface area (Å²) in [5, 5.41) is 7.22. The zero-order valence-electron chi connectivity index (χ0n) is 11.5. The molecule has 1 aromatic heterocycles. The molecule has 1 saturated heterocycles. The lowest BCUT2D eigenvalue weighted by molar-refractivity contribution is -0.135. The van der Waals surface area contributed by atoms with Gasteiger partial charge in [-0.15, -0.1) is 0 Å². The Kier molecular flexibility index (Phi) is 3.71. The number of carbonyl (C=O) groups excluding carboxylic acids is 1. The maximum absolute atomic E-state index is 12.5. The van der Waals surface area contributed by atoms with Crippen LogP contribution in [-0.2, 0) is 4.79 Å². The monoisotopic (exact) mass is 251 g/mol. The van der Waals surface area contributed by atoms with Gasteiger partial charge < -0.3 is 14.7 Å². The SMILES string of the molecule is Cc1noc(C)c1[C@@H](C)C(=O)N1CCNC[C@@H]1C. The molecule has 0 saturated carbocycles. The first-order chi connectivity index (χ1) is 8.52. The predicted octanol–water partition coefficient (Wildman–Crippen LogP) is 1.22. The molecule has 18 heavy (non-hydrogen) atoms. The van der Waals surface area contributed by atoms with Crippen LogP contribution in [0.1, 0.15) is 36.8 Å². The van der Waals surface area contributed by atoms with E-state index in [0.717, 1.165) is 36.7 Å². The molecular weight excluding hydrogens is 230 g/mol. The lowest BCUT2D eigenvalue weighted by atomic mass is 9.97. The molecule has 100 valence electrons. The smallest absolute Gasteiger partial charge is 0.230 e. The van der Waals surface area contributed by atoms with Crippen LogP contribution in [0.2, 0.25) is 0 Å². The Morgan fingerprint density at radius 3 is 2.83 bits per heavy atom. The number of rotatable bonds is 2. The van der Waals surface area contributed by atoms with E-state index in [1.165, 1.54) is 0 Å². The molecule has 1 aliphatic rings. The van der Waals surface area contributed by atoms with Gasteiger partial charge in [0, 0.05) is 31.2 Å². The van der Waals surface area contributed by atoms with Crippen LogP contribution in [0.5, 0.6) is 0 Å². The van der Waals surface area contributed by atoms with Crippen LogP contribution in [0.3, 0.4) is 0 Å². The molecule has 0 bridgehead atoms. The van der Waals surface area contributed by atoms with Crippen molar-refractivity contribution >= 4 is 5.91 Å². The summed E-state index contributed by atoms with van der Waals surface area (Å²) in [5.41, 5.74) is 1.75. The van der Waals surface area contributed by atoms with E-state index in [4.69, 9.17) is 4.52 Å². The number of hydrogen-bond acceptors (Lipinski definition) is 4. The summed E-state index contributed by atoms with van der Waals surface area (Å²) < 4.78 is 5.15. The lowest BCUT2D eigenvalue weighted by Gasteiger charge is -2.35. The first-order valence-electron chi connectivity index (χ1n) is 6.46. The average Bonchev–Trinajstić information content (AvgIpc) is 2.68. The molecule has 1 aromatic rings. The fraction of sp³-hybridized carbons (Fsp3) is 0.692. The maximum Gasteiger partial charge on any atom is 0.230 e. The molecule has 0 spiro atoms. The predicted molar refractivity (Wildman–Crippen MR) is 68.4 cm³/mol. The zero-order chi connectivity index (χ0) is 13.3. The molecule has 1 amide bonds. The third-order valence-electron chi connectivity index (χ3n) is 3.68. The van der Waals surface area contributed by atoms with Crippen LogP contribution < -0.4 is 5.32 Å². The van der Waals surface area contributed by atoms with Crippen LogP contribution in [0, 0.1) is 13.8 Å². The molecule has 0 aliphatic carbocycles. The molecule has 2 heterocycles. The van der Waals surface area contributed by atoms with Crippen LogP contribution in [0.15, 0.2) is 4.52 Å². The molecule has 5 nitrogen and oxygen atoms in total. The van der Waals surface area contributed by atoms with Gasteiger partial charge in [-0.1, -0.05) is 5.16 Å². The highest BCUT2D eigenvalue weighted by Gasteiger charge is 2.30. The van der Waals surface area contributed by atoms with Crippen LogP contribution in [0.4, 0.5) is 0 Å². The van der Waals surface area contributed by atoms with E-state index in [2.05, 4.69) is 17.4 Å². The third-order valence-corrected chi connectivity index (χ3v) is 3.68. The second-order valence-corrected chi connectivity index (χ2v) is 5.04. The minimum Gasteiger partial charge on any atom is -0.361 e. The summed E-state index contributed by atoms with van der Waals surface area (Å²) in [4.78, 5) is 14.5. The van der Waals surface area contributed by atoms with Gasteiger partial charge in [0.25, 0.3) is 0 Å². The van der Waals surface area contributed by atoms with Crippen molar-refractivity contribution < 1.29 is 9.32 Å². The van der Waals surface area contributed by atoms with Crippen molar-refractivity contribution in [2.45, 2.75) is 39.7 Å². The van der Waals surface area contributed by atoms with Gasteiger partial charge in [0.15, 0.2) is 0 Å². The first kappa shape index (κ1) is 13.1. The van der Waals surface area contributed by atoms with Gasteiger partial charge in [-0.2, -0.15) is 0 Å². The first-order valence-corrected chi connectivity index (χ1v) is 6.46. The van der Waals surface area contributed by atoms with E-state index in [1.807, 2.05) is 25.7 Å². The normalized spacial score (nSPS) is 22.0. The zero-order valence-corrected chi connectivity index (χ0v) is 11.5. The van der Waals surface area contributed by atoms with Gasteiger partial charge >= 0.3 is 0 Å². The van der Waals surface area contributed by atoms with Crippen molar-refractivity contribution in [3.8, 4) is 0 Å². The molecule has 0 aromatic carbocycles. The van der Waals surface area contributed by atoms with E-state index in [0.29, 0.717) is 0 Å². The number of carbonyl (C=O) groups is 1. The minimum absolute atomic E-state index is 0.165. The molecule has 1 N–H and O–H groups in total. The van der Waals surface area contributed by atoms with E-state index in [9.17, 15) is 4.79 Å². The highest BCUT2D eigenvalue weighted by atomic mass is 16.5. The maximum atomic E-state index is 12.5. The van der Waals surface area contributed by atoms with Gasteiger partial charge in [0.05, 0.1) is 11.6 Å². The van der Waals surface area contributed by atoms with E-state index < -0.39 is 0 Å². The standard InChI is InChI=1S/C13H21N3O2/c1-8-7-14-5-6-16(8)13(17)9(2)12-10(3)15-18-11(12)4/h8-9,14H,5-7H2,1-4H3/t8-,9+/m0/s1. The number of amides is 1. The Morgan fingerprint density at radius 1 is 1.56 bits per heavy atom. The number of piperazine rings is 1. The summed E-state index contributed by atoms with van der Waals surface area (Å²) >= 11 is 0. The largest absolute Gasteiger partial charge is 0.361 e. The highest BCUT2D eigenvalue weighted by Crippen LogP contribution is 2.25. The van der Waals surface area contributed by atoms with E-state index in [1.54, 1.807) is 0 Å². The number of nitrogens with one attached hydrogen (secondary N) is 1. The third kappa shape index (κ3) is 2.27. The second kappa shape index (κ2) is 5.10. The van der Waals surface area contributed by atoms with E-state index >= 15 is 0 Å². The molecule has 2 atom stereocenters. The Hall–Kier alpha value is -1.36. The second-order valence-electron chi connectivity index (χ2n) is 5.04. The summed E-state index contributed by atoms with van der Waals surface area (Å²) in [6, 6.07) is 0.245. The molecule has 0 unspecified atom stereocenters. The Morgan fingerprint density at radius 2 is 2.28 bits per heavy atom. The van der Waals surface area contributed by atoms with Crippen molar-refractivity contribution in [3.05, 3.63) is 17.0 Å². The quantitative estimate of drug-likeness (QED) is 0.858. The Balaban J connectivity index is 2.18. The molecule has 1 fully saturated rings. The lowest BCUT2D eigenvalue weighted by Crippen LogP contribution is -2.53. The number of nitrogens with zero attached hydrogens (tertiary/aromatic N) is 2. The van der Waals surface area contributed by atoms with E-state index in [-0.39, 0.29) is 17.9 Å². The molecular formula is C13H21N3O2. The highest BCUT2D eigenvalue weighted by molar-refractivity contribution is 5.84. The van der Waals surface area contributed by atoms with Crippen molar-refractivity contribution in [2.24, 2.45) is 0 Å². The Labute approximate surface area is 108 Å². The van der Waals surface area contributed by atoms with Crippen LogP contribution in [0.25, 0.3) is 0 Å². The van der Waals surface area contributed by atoms with Gasteiger partial charge in [0.1, 0.15) is 5.76 Å². The summed E-state index contributed by atoms with van der Waals surface area (Å²) in [6.07, 6.45) is 0. The summed E-state index contributed by atoms with van der Waals surface area (Å²) in [6.45, 7) is 10.3. The van der Waals surface area contributed by atoms with Gasteiger partial charge in [-0.05, 0) is 27.7 Å². The Bertz CT molecular complexity index is 422. The fourth-order valence-electron chi connectivity index (χ4n) is 2.65. The van der Waals surface area contributed by atoms with Crippen molar-refractivity contribution in [3.63, 3.8) is 0 Å². The number of aromatic nitrogens is 1. The average molecular weight is 251 g/mol. The van der Waals surface area contributed by atoms with Crippen molar-refractivity contribution in [1.82, 2.24) is 15.4 Å². The summed E-state index contributed by atoms with van der Waals surface area (Å²) in [5.74, 6) is 0.728. The topological polar surface area (TPSA) is 58.4 Å². The molecule has 0 radical (unpaired) electrons. The summed E-state index contributed by atoms with van der Waals surface area (Å²) in [7, 11) is 0. The number of hydrogen-bond donors (Lipinski definition) is 1. The van der Waals surface area contributed by atoms with Crippen molar-refractivity contribution in [2.75, 3.05) is 19.6 Å². The fourth-order valence-corrected chi connectivity index (χ4v) is 2.65. The van der Waals surface area contributed by atoms with Gasteiger partial charge in [0.2, 0.25) is 5.91 Å². The van der Waals surface area contributed by atoms with Gasteiger partial charge in [-0.25, -0.2) is 0 Å². The molecule has 2 rings (SSSR count). The molecule has 5 heteroatoms. The van der Waals surface area contributed by atoms with Crippen LogP contribution in [-0.4, -0.2) is 41.6 Å². The van der Waals surface area contributed by atoms with Crippen molar-refractivity contribution in [1.29, 1.82) is 0 Å². The number of aryl methyl sites for hydroxylation is 2. The van der Waals surface area contributed by atoms with Gasteiger partial charge in [-0.3, -0.25) is 4.79 Å². The minimum atomic E-state index is -0.184. The van der Waals surface area contributed by atoms with Crippen LogP contribution >= 0.6 is 0 Å². The molecule has 1 aliphatic heterocycles.